The largest absolute Gasteiger partial charge is 0.549 e. The molecule has 2 aliphatic rings. The van der Waals surface area contributed by atoms with Gasteiger partial charge in [0.05, 0.1) is 5.97 Å². The zero-order chi connectivity index (χ0) is 12.5. The summed E-state index contributed by atoms with van der Waals surface area (Å²) in [7, 11) is 0. The predicted molar refractivity (Wildman–Crippen MR) is 46.0 cm³/mol. The summed E-state index contributed by atoms with van der Waals surface area (Å²) >= 11 is 0. The molecule has 7 heteroatoms. The van der Waals surface area contributed by atoms with Crippen LogP contribution in [0.15, 0.2) is 0 Å². The van der Waals surface area contributed by atoms with Crippen LogP contribution in [0.2, 0.25) is 0 Å². The Kier molecular flexibility index (Phi) is 1.49. The molecular formula is C9H9N2O5-. The number of rotatable bonds is 2. The van der Waals surface area contributed by atoms with Crippen LogP contribution in [0.4, 0.5) is 0 Å². The van der Waals surface area contributed by atoms with E-state index >= 15 is 0 Å². The van der Waals surface area contributed by atoms with Gasteiger partial charge in [-0.2, -0.15) is 0 Å². The van der Waals surface area contributed by atoms with Crippen molar-refractivity contribution < 1.29 is 24.3 Å². The van der Waals surface area contributed by atoms with Gasteiger partial charge in [-0.1, -0.05) is 13.8 Å². The van der Waals surface area contributed by atoms with E-state index in [-0.39, 0.29) is 0 Å². The Bertz CT molecular complexity index is 429. The summed E-state index contributed by atoms with van der Waals surface area (Å²) in [6.07, 6.45) is 0. The number of carboxylic acids is 1. The number of amides is 3. The van der Waals surface area contributed by atoms with Crippen LogP contribution in [0, 0.1) is 16.2 Å². The van der Waals surface area contributed by atoms with Crippen molar-refractivity contribution in [3.63, 3.8) is 0 Å². The number of imide groups is 1. The molecule has 3 N–H and O–H groups in total. The quantitative estimate of drug-likeness (QED) is 0.379. The van der Waals surface area contributed by atoms with Crippen LogP contribution in [0.1, 0.15) is 13.8 Å². The fourth-order valence-corrected chi connectivity index (χ4v) is 3.18. The van der Waals surface area contributed by atoms with Crippen LogP contribution in [-0.4, -0.2) is 23.7 Å². The van der Waals surface area contributed by atoms with Crippen molar-refractivity contribution in [2.45, 2.75) is 13.8 Å². The molecule has 2 fully saturated rings. The maximum Gasteiger partial charge on any atom is 0.244 e. The van der Waals surface area contributed by atoms with E-state index in [1.165, 1.54) is 13.8 Å². The zero-order valence-corrected chi connectivity index (χ0v) is 8.62. The monoisotopic (exact) mass is 225 g/mol. The number of piperidine rings is 1. The molecular weight excluding hydrogens is 216 g/mol. The summed E-state index contributed by atoms with van der Waals surface area (Å²) in [4.78, 5) is 45.6. The van der Waals surface area contributed by atoms with Crippen molar-refractivity contribution in [3.8, 4) is 0 Å². The Morgan fingerprint density at radius 3 is 1.88 bits per heavy atom. The molecule has 86 valence electrons. The average molecular weight is 225 g/mol. The van der Waals surface area contributed by atoms with Gasteiger partial charge in [0.1, 0.15) is 5.41 Å². The summed E-state index contributed by atoms with van der Waals surface area (Å²) in [5.41, 5.74) is -0.457. The molecule has 2 atom stereocenters. The molecule has 0 bridgehead atoms. The third-order valence-corrected chi connectivity index (χ3v) is 3.96. The van der Waals surface area contributed by atoms with Crippen molar-refractivity contribution in [1.82, 2.24) is 5.32 Å². The van der Waals surface area contributed by atoms with E-state index in [4.69, 9.17) is 5.73 Å². The van der Waals surface area contributed by atoms with E-state index in [1.807, 2.05) is 5.32 Å². The van der Waals surface area contributed by atoms with E-state index in [0.717, 1.165) is 0 Å². The average Bonchev–Trinajstić information content (AvgIpc) is 2.44. The molecule has 3 amide bonds. The lowest BCUT2D eigenvalue weighted by atomic mass is 9.94. The summed E-state index contributed by atoms with van der Waals surface area (Å²) in [5.74, 6) is -4.86. The van der Waals surface area contributed by atoms with Crippen LogP contribution < -0.4 is 16.2 Å². The fraction of sp³-hybridized carbons (Fsp3) is 0.556. The molecule has 1 aliphatic carbocycles. The highest BCUT2D eigenvalue weighted by Gasteiger charge is 2.96. The minimum Gasteiger partial charge on any atom is -0.549 e. The van der Waals surface area contributed by atoms with Crippen molar-refractivity contribution in [2.24, 2.45) is 22.0 Å². The minimum absolute atomic E-state index is 0.959. The fourth-order valence-electron chi connectivity index (χ4n) is 3.18. The van der Waals surface area contributed by atoms with Crippen LogP contribution in [-0.2, 0) is 19.2 Å². The summed E-state index contributed by atoms with van der Waals surface area (Å²) < 4.78 is 0. The summed E-state index contributed by atoms with van der Waals surface area (Å²) in [6.45, 7) is 2.68. The second kappa shape index (κ2) is 2.26. The molecule has 1 aliphatic heterocycles. The molecule has 0 aromatic rings. The lowest BCUT2D eigenvalue weighted by Gasteiger charge is -2.17. The zero-order valence-electron chi connectivity index (χ0n) is 8.62. The summed E-state index contributed by atoms with van der Waals surface area (Å²) in [5, 5.41) is 12.9. The first kappa shape index (κ1) is 10.6. The second-order valence-electron chi connectivity index (χ2n) is 4.56. The molecule has 1 saturated carbocycles. The molecule has 0 spiro atoms. The molecule has 16 heavy (non-hydrogen) atoms. The Morgan fingerprint density at radius 2 is 1.62 bits per heavy atom. The molecule has 1 heterocycles. The molecule has 2 unspecified atom stereocenters. The van der Waals surface area contributed by atoms with Gasteiger partial charge in [0, 0.05) is 5.41 Å². The number of nitrogens with two attached hydrogens (primary N) is 1. The van der Waals surface area contributed by atoms with Crippen LogP contribution in [0.5, 0.6) is 0 Å². The summed E-state index contributed by atoms with van der Waals surface area (Å²) in [6, 6.07) is 0. The highest BCUT2D eigenvalue weighted by Crippen LogP contribution is 2.80. The number of hydrogen-bond acceptors (Lipinski definition) is 5. The van der Waals surface area contributed by atoms with E-state index in [0.29, 0.717) is 0 Å². The van der Waals surface area contributed by atoms with Crippen molar-refractivity contribution >= 4 is 23.7 Å². The lowest BCUT2D eigenvalue weighted by Crippen LogP contribution is -2.44. The van der Waals surface area contributed by atoms with Crippen molar-refractivity contribution in [1.29, 1.82) is 0 Å². The molecule has 0 aromatic carbocycles. The van der Waals surface area contributed by atoms with Gasteiger partial charge < -0.3 is 15.6 Å². The number of hydrogen-bond donors (Lipinski definition) is 2. The minimum atomic E-state index is -2.16. The van der Waals surface area contributed by atoms with Gasteiger partial charge >= 0.3 is 0 Å². The number of carboxylic acid groups (broad SMARTS) is 1. The van der Waals surface area contributed by atoms with Gasteiger partial charge in [-0.25, -0.2) is 0 Å². The first-order valence-corrected chi connectivity index (χ1v) is 4.56. The van der Waals surface area contributed by atoms with Crippen LogP contribution >= 0.6 is 0 Å². The highest BCUT2D eigenvalue weighted by atomic mass is 16.4. The molecule has 2 rings (SSSR count). The number of carbonyl (C=O) groups excluding carboxylic acids is 4. The topological polar surface area (TPSA) is 129 Å². The first-order chi connectivity index (χ1) is 7.19. The van der Waals surface area contributed by atoms with Crippen molar-refractivity contribution in [2.75, 3.05) is 0 Å². The maximum absolute atomic E-state index is 11.6. The van der Waals surface area contributed by atoms with E-state index in [2.05, 4.69) is 0 Å². The maximum atomic E-state index is 11.6. The predicted octanol–water partition coefficient (Wildman–Crippen LogP) is -3.11. The number of fused-ring (bicyclic) bond motifs is 1. The Morgan fingerprint density at radius 1 is 1.19 bits per heavy atom. The smallest absolute Gasteiger partial charge is 0.244 e. The van der Waals surface area contributed by atoms with E-state index < -0.39 is 39.9 Å². The van der Waals surface area contributed by atoms with Gasteiger partial charge in [-0.05, 0) is 0 Å². The Labute approximate surface area is 90.0 Å². The number of nitrogens with one attached hydrogen (secondary N) is 1. The number of carbonyl (C=O) groups is 4. The van der Waals surface area contributed by atoms with Crippen LogP contribution in [0.3, 0.4) is 0 Å². The molecule has 1 saturated heterocycles. The Hall–Kier alpha value is -1.92. The Balaban J connectivity index is 2.77. The lowest BCUT2D eigenvalue weighted by molar-refractivity contribution is -0.313. The van der Waals surface area contributed by atoms with Gasteiger partial charge in [-0.3, -0.25) is 19.7 Å². The van der Waals surface area contributed by atoms with E-state index in [1.54, 1.807) is 0 Å². The first-order valence-electron chi connectivity index (χ1n) is 4.56. The van der Waals surface area contributed by atoms with E-state index in [9.17, 15) is 24.3 Å². The van der Waals surface area contributed by atoms with Crippen molar-refractivity contribution in [3.05, 3.63) is 0 Å². The van der Waals surface area contributed by atoms with Gasteiger partial charge in [0.2, 0.25) is 17.7 Å². The third kappa shape index (κ3) is 0.568. The highest BCUT2D eigenvalue weighted by molar-refractivity contribution is 6.33. The van der Waals surface area contributed by atoms with Crippen LogP contribution in [0.25, 0.3) is 0 Å². The normalized spacial score (nSPS) is 38.9. The standard InChI is InChI=1S/C9H10N2O5/c1-7(2)8(3(10)12)4(13)11-5(14)9(7,8)6(15)16/h1-2H3,(H2,10,12)(H,15,16)(H,11,13,14)/p-1. The number of primary amides is 1. The molecule has 0 radical (unpaired) electrons. The molecule has 0 aromatic heterocycles. The molecule has 7 nitrogen and oxygen atoms in total. The third-order valence-electron chi connectivity index (χ3n) is 3.96. The number of aliphatic carboxylic acids is 1. The SMILES string of the molecule is CC1(C)C2(C(N)=O)C(=O)NC(=O)C12C(=O)[O-]. The van der Waals surface area contributed by atoms with Gasteiger partial charge in [0.25, 0.3) is 0 Å². The van der Waals surface area contributed by atoms with Gasteiger partial charge in [0.15, 0.2) is 5.41 Å². The second-order valence-corrected chi connectivity index (χ2v) is 4.56. The van der Waals surface area contributed by atoms with Gasteiger partial charge in [-0.15, -0.1) is 0 Å².